The Bertz CT molecular complexity index is 1230. The van der Waals surface area contributed by atoms with Crippen LogP contribution >= 0.6 is 0 Å². The fourth-order valence-electron chi connectivity index (χ4n) is 9.01. The number of rotatable bonds is 14. The molecule has 4 heteroatoms. The quantitative estimate of drug-likeness (QED) is 0.157. The van der Waals surface area contributed by atoms with Crippen molar-refractivity contribution in [2.24, 2.45) is 33.5 Å². The summed E-state index contributed by atoms with van der Waals surface area (Å²) in [5, 5.41) is 0. The molecule has 4 fully saturated rings. The van der Waals surface area contributed by atoms with Crippen LogP contribution in [0.2, 0.25) is 0 Å². The lowest BCUT2D eigenvalue weighted by atomic mass is 9.70. The number of allylic oxidation sites excluding steroid dienone is 2. The van der Waals surface area contributed by atoms with E-state index in [1.54, 1.807) is 0 Å². The maximum Gasteiger partial charge on any atom is 0.165 e. The lowest BCUT2D eigenvalue weighted by Crippen LogP contribution is -2.32. The maximum atomic E-state index is 13.8. The van der Waals surface area contributed by atoms with Crippen LogP contribution in [0.1, 0.15) is 144 Å². The highest BCUT2D eigenvalue weighted by molar-refractivity contribution is 6.09. The van der Waals surface area contributed by atoms with Gasteiger partial charge in [-0.3, -0.25) is 9.59 Å². The number of benzene rings is 1. The van der Waals surface area contributed by atoms with Gasteiger partial charge in [0, 0.05) is 33.1 Å². The zero-order chi connectivity index (χ0) is 31.9. The van der Waals surface area contributed by atoms with Gasteiger partial charge in [-0.15, -0.1) is 0 Å². The molecule has 0 spiro atoms. The summed E-state index contributed by atoms with van der Waals surface area (Å²) in [6, 6.07) is 4.19. The van der Waals surface area contributed by atoms with Gasteiger partial charge in [0.1, 0.15) is 11.5 Å². The van der Waals surface area contributed by atoms with E-state index < -0.39 is 0 Å². The van der Waals surface area contributed by atoms with E-state index in [1.165, 1.54) is 25.7 Å². The number of hydrogen-bond donors (Lipinski definition) is 0. The molecular weight excluding hydrogens is 544 g/mol. The molecule has 0 aromatic heterocycles. The van der Waals surface area contributed by atoms with Crippen molar-refractivity contribution >= 4 is 23.7 Å². The number of carbonyl (C=O) groups is 2. The van der Waals surface area contributed by atoms with Crippen LogP contribution in [-0.4, -0.2) is 24.8 Å². The number of carbonyl (C=O) groups excluding carboxylic acids is 2. The summed E-state index contributed by atoms with van der Waals surface area (Å²) < 4.78 is 13.1. The average Bonchev–Trinajstić information content (AvgIpc) is 3.46. The molecule has 0 aliphatic heterocycles. The van der Waals surface area contributed by atoms with Crippen molar-refractivity contribution in [2.75, 3.05) is 13.2 Å². The van der Waals surface area contributed by atoms with E-state index >= 15 is 0 Å². The summed E-state index contributed by atoms with van der Waals surface area (Å²) in [6.07, 6.45) is 17.3. The zero-order valence-electron chi connectivity index (χ0n) is 29.0. The largest absolute Gasteiger partial charge is 0.493 e. The van der Waals surface area contributed by atoms with Crippen LogP contribution in [0, 0.1) is 33.5 Å². The van der Waals surface area contributed by atoms with E-state index in [9.17, 15) is 9.59 Å². The Morgan fingerprint density at radius 2 is 1.02 bits per heavy atom. The van der Waals surface area contributed by atoms with E-state index in [2.05, 4.69) is 79.7 Å². The molecule has 4 unspecified atom stereocenters. The standard InChI is InChI=1S/C40H58O4/c1-9-11-13-15-21-43-33-25-28(24-30-32-18-20-40(8,36(30)42)38(32,5)6)34(44-22-16-14-12-10-2)26-27(33)23-29-31-17-19-39(7,35(29)41)37(31,3)4/h23-26,31-32H,9-22H2,1-8H3/b29-23+,30-24+. The van der Waals surface area contributed by atoms with Crippen LogP contribution in [0.5, 0.6) is 11.5 Å². The van der Waals surface area contributed by atoms with Crippen molar-refractivity contribution in [3.05, 3.63) is 34.4 Å². The van der Waals surface area contributed by atoms with Gasteiger partial charge >= 0.3 is 0 Å². The zero-order valence-corrected chi connectivity index (χ0v) is 29.0. The third-order valence-corrected chi connectivity index (χ3v) is 13.0. The molecule has 5 rings (SSSR count). The lowest BCUT2D eigenvalue weighted by Gasteiger charge is -2.31. The molecule has 0 heterocycles. The molecule has 1 aromatic carbocycles. The Morgan fingerprint density at radius 3 is 1.34 bits per heavy atom. The van der Waals surface area contributed by atoms with Gasteiger partial charge in [0.05, 0.1) is 13.2 Å². The fraction of sp³-hybridized carbons (Fsp3) is 0.700. The van der Waals surface area contributed by atoms with Crippen molar-refractivity contribution in [2.45, 2.75) is 132 Å². The molecule has 4 bridgehead atoms. The number of ether oxygens (including phenoxy) is 2. The first-order chi connectivity index (χ1) is 20.8. The highest BCUT2D eigenvalue weighted by Gasteiger charge is 2.65. The SMILES string of the molecule is CCCCCCOc1cc(/C=C2/C(=O)C3(C)CCC2C3(C)C)c(OCCCCCC)cc1/C=C1/C(=O)C2(C)CCC1C2(C)C. The van der Waals surface area contributed by atoms with Gasteiger partial charge < -0.3 is 9.47 Å². The molecule has 0 radical (unpaired) electrons. The predicted octanol–water partition coefficient (Wildman–Crippen LogP) is 10.4. The third-order valence-electron chi connectivity index (χ3n) is 13.0. The summed E-state index contributed by atoms with van der Waals surface area (Å²) in [4.78, 5) is 27.6. The average molecular weight is 603 g/mol. The number of fused-ring (bicyclic) bond motifs is 4. The summed E-state index contributed by atoms with van der Waals surface area (Å²) >= 11 is 0. The highest BCUT2D eigenvalue weighted by Crippen LogP contribution is 2.67. The van der Waals surface area contributed by atoms with E-state index in [-0.39, 0.29) is 33.5 Å². The molecular formula is C40H58O4. The van der Waals surface area contributed by atoms with E-state index in [0.29, 0.717) is 24.8 Å². The van der Waals surface area contributed by atoms with Crippen molar-refractivity contribution in [3.8, 4) is 11.5 Å². The van der Waals surface area contributed by atoms with Crippen LogP contribution < -0.4 is 9.47 Å². The first-order valence-corrected chi connectivity index (χ1v) is 17.8. The molecule has 0 saturated heterocycles. The number of Topliss-reactive ketones (excluding diaryl/α,β-unsaturated/α-hetero) is 2. The van der Waals surface area contributed by atoms with Gasteiger partial charge in [0.15, 0.2) is 11.6 Å². The topological polar surface area (TPSA) is 52.6 Å². The number of hydrogen-bond acceptors (Lipinski definition) is 4. The third kappa shape index (κ3) is 5.30. The first kappa shape index (κ1) is 33.0. The second kappa shape index (κ2) is 12.4. The first-order valence-electron chi connectivity index (χ1n) is 17.8. The van der Waals surface area contributed by atoms with E-state index in [4.69, 9.17) is 9.47 Å². The van der Waals surface area contributed by atoms with Crippen LogP contribution in [0.4, 0.5) is 0 Å². The molecule has 1 aromatic rings. The van der Waals surface area contributed by atoms with Crippen LogP contribution in [0.25, 0.3) is 12.2 Å². The molecule has 4 saturated carbocycles. The molecule has 4 aliphatic carbocycles. The van der Waals surface area contributed by atoms with Gasteiger partial charge in [-0.05, 0) is 85.5 Å². The van der Waals surface area contributed by atoms with Gasteiger partial charge in [-0.2, -0.15) is 0 Å². The van der Waals surface area contributed by atoms with Gasteiger partial charge in [-0.25, -0.2) is 0 Å². The molecule has 4 aliphatic rings. The van der Waals surface area contributed by atoms with Crippen molar-refractivity contribution in [1.29, 1.82) is 0 Å². The Balaban J connectivity index is 1.57. The minimum atomic E-state index is -0.307. The van der Waals surface area contributed by atoms with Crippen molar-refractivity contribution < 1.29 is 19.1 Å². The minimum Gasteiger partial charge on any atom is -0.493 e. The predicted molar refractivity (Wildman–Crippen MR) is 181 cm³/mol. The second-order valence-corrected chi connectivity index (χ2v) is 15.9. The summed E-state index contributed by atoms with van der Waals surface area (Å²) in [5.41, 5.74) is 3.02. The molecule has 0 amide bonds. The summed E-state index contributed by atoms with van der Waals surface area (Å²) in [7, 11) is 0. The Kier molecular flexibility index (Phi) is 9.34. The molecule has 0 N–H and O–H groups in total. The van der Waals surface area contributed by atoms with Crippen molar-refractivity contribution in [3.63, 3.8) is 0 Å². The highest BCUT2D eigenvalue weighted by atomic mass is 16.5. The van der Waals surface area contributed by atoms with Crippen LogP contribution in [0.3, 0.4) is 0 Å². The number of unbranched alkanes of at least 4 members (excludes halogenated alkanes) is 6. The van der Waals surface area contributed by atoms with E-state index in [0.717, 1.165) is 85.1 Å². The van der Waals surface area contributed by atoms with Crippen molar-refractivity contribution in [1.82, 2.24) is 0 Å². The molecule has 242 valence electrons. The maximum absolute atomic E-state index is 13.8. The summed E-state index contributed by atoms with van der Waals surface area (Å²) in [6.45, 7) is 19.1. The van der Waals surface area contributed by atoms with Gasteiger partial charge in [0.25, 0.3) is 0 Å². The molecule has 44 heavy (non-hydrogen) atoms. The normalized spacial score (nSPS) is 31.5. The van der Waals surface area contributed by atoms with Gasteiger partial charge in [-0.1, -0.05) is 93.9 Å². The molecule has 4 atom stereocenters. The fourth-order valence-corrected chi connectivity index (χ4v) is 9.01. The monoisotopic (exact) mass is 602 g/mol. The smallest absolute Gasteiger partial charge is 0.165 e. The second-order valence-electron chi connectivity index (χ2n) is 15.9. The lowest BCUT2D eigenvalue weighted by molar-refractivity contribution is -0.126. The Morgan fingerprint density at radius 1 is 0.636 bits per heavy atom. The summed E-state index contributed by atoms with van der Waals surface area (Å²) in [5.74, 6) is 2.69. The Hall–Kier alpha value is -2.36. The van der Waals surface area contributed by atoms with Crippen LogP contribution in [0.15, 0.2) is 23.3 Å². The molecule has 4 nitrogen and oxygen atoms in total. The van der Waals surface area contributed by atoms with Crippen LogP contribution in [-0.2, 0) is 9.59 Å². The van der Waals surface area contributed by atoms with E-state index in [1.807, 2.05) is 0 Å². The Labute approximate surface area is 267 Å². The van der Waals surface area contributed by atoms with Gasteiger partial charge in [0.2, 0.25) is 0 Å². The minimum absolute atomic E-state index is 0.0505. The number of ketones is 2.